The molecule has 1 aliphatic heterocycles. The molecule has 0 radical (unpaired) electrons. The molecule has 0 aromatic heterocycles. The average molecular weight is 439 g/mol. The van der Waals surface area contributed by atoms with Crippen molar-refractivity contribution in [3.05, 3.63) is 40.9 Å². The van der Waals surface area contributed by atoms with Crippen molar-refractivity contribution in [2.45, 2.75) is 6.92 Å². The van der Waals surface area contributed by atoms with Crippen molar-refractivity contribution in [3.63, 3.8) is 0 Å². The van der Waals surface area contributed by atoms with E-state index < -0.39 is 17.8 Å². The van der Waals surface area contributed by atoms with Gasteiger partial charge in [-0.05, 0) is 42.9 Å². The van der Waals surface area contributed by atoms with E-state index in [0.29, 0.717) is 12.2 Å². The summed E-state index contributed by atoms with van der Waals surface area (Å²) in [4.78, 5) is 37.4. The summed E-state index contributed by atoms with van der Waals surface area (Å²) in [7, 11) is 1.24. The predicted octanol–water partition coefficient (Wildman–Crippen LogP) is 2.10. The van der Waals surface area contributed by atoms with Crippen LogP contribution < -0.4 is 14.8 Å². The van der Waals surface area contributed by atoms with Crippen LogP contribution in [-0.4, -0.2) is 54.7 Å². The summed E-state index contributed by atoms with van der Waals surface area (Å²) in [6.45, 7) is 5.43. The van der Waals surface area contributed by atoms with Crippen LogP contribution in [0.1, 0.15) is 12.5 Å². The zero-order chi connectivity index (χ0) is 21.6. The van der Waals surface area contributed by atoms with Crippen LogP contribution in [0.5, 0.6) is 11.5 Å². The number of carbonyl (C=O) groups excluding carboxylic acids is 3. The molecule has 1 heterocycles. The minimum absolute atomic E-state index is 0.0108. The first-order valence-corrected chi connectivity index (χ1v) is 9.26. The number of esters is 1. The smallest absolute Gasteiger partial charge is 0.343 e. The van der Waals surface area contributed by atoms with Crippen LogP contribution in [-0.2, 0) is 19.1 Å². The molecule has 1 aromatic carbocycles. The van der Waals surface area contributed by atoms with Gasteiger partial charge in [0, 0.05) is 6.54 Å². The molecule has 1 N–H and O–H groups in total. The number of nitrogens with one attached hydrogen (secondary N) is 1. The third kappa shape index (κ3) is 5.33. The molecule has 0 unspecified atom stereocenters. The molecular formula is C19H19ClN2O6S. The molecular weight excluding hydrogens is 420 g/mol. The van der Waals surface area contributed by atoms with Gasteiger partial charge < -0.3 is 14.2 Å². The van der Waals surface area contributed by atoms with Gasteiger partial charge in [0.1, 0.15) is 5.57 Å². The van der Waals surface area contributed by atoms with Gasteiger partial charge >= 0.3 is 5.97 Å². The molecule has 29 heavy (non-hydrogen) atoms. The molecule has 10 heteroatoms. The van der Waals surface area contributed by atoms with Crippen molar-refractivity contribution in [3.8, 4) is 11.5 Å². The molecule has 0 aliphatic carbocycles. The lowest BCUT2D eigenvalue weighted by molar-refractivity contribution is -0.143. The fourth-order valence-electron chi connectivity index (χ4n) is 2.42. The Morgan fingerprint density at radius 3 is 2.69 bits per heavy atom. The fraction of sp³-hybridized carbons (Fsp3) is 0.263. The maximum Gasteiger partial charge on any atom is 0.343 e. The van der Waals surface area contributed by atoms with E-state index >= 15 is 0 Å². The quantitative estimate of drug-likeness (QED) is 0.218. The maximum absolute atomic E-state index is 12.6. The van der Waals surface area contributed by atoms with Crippen LogP contribution in [0.4, 0.5) is 0 Å². The molecule has 8 nitrogen and oxygen atoms in total. The number of halogens is 1. The van der Waals surface area contributed by atoms with E-state index in [2.05, 4.69) is 16.6 Å². The van der Waals surface area contributed by atoms with Gasteiger partial charge in [-0.3, -0.25) is 19.8 Å². The molecule has 0 bridgehead atoms. The van der Waals surface area contributed by atoms with Gasteiger partial charge in [0.05, 0.1) is 18.7 Å². The number of ether oxygens (including phenoxy) is 3. The van der Waals surface area contributed by atoms with Crippen molar-refractivity contribution in [1.82, 2.24) is 10.2 Å². The van der Waals surface area contributed by atoms with Gasteiger partial charge in [-0.1, -0.05) is 17.7 Å². The van der Waals surface area contributed by atoms with Crippen molar-refractivity contribution in [2.24, 2.45) is 0 Å². The van der Waals surface area contributed by atoms with Crippen LogP contribution in [0, 0.1) is 0 Å². The summed E-state index contributed by atoms with van der Waals surface area (Å²) in [6.07, 6.45) is 2.87. The van der Waals surface area contributed by atoms with Gasteiger partial charge in [0.15, 0.2) is 23.2 Å². The predicted molar refractivity (Wildman–Crippen MR) is 111 cm³/mol. The van der Waals surface area contributed by atoms with Gasteiger partial charge in [-0.25, -0.2) is 4.79 Å². The lowest BCUT2D eigenvalue weighted by Crippen LogP contribution is -2.53. The Morgan fingerprint density at radius 2 is 2.07 bits per heavy atom. The SMILES string of the molecule is C=CCN1C(=O)/C(=C/c2cc(Cl)c(OCC(=O)OC)c(OCC)c2)C(=O)NC1=S. The number of rotatable bonds is 8. The molecule has 154 valence electrons. The first-order valence-electron chi connectivity index (χ1n) is 8.48. The second-order valence-electron chi connectivity index (χ2n) is 5.65. The number of amides is 2. The van der Waals surface area contributed by atoms with E-state index in [-0.39, 0.29) is 40.4 Å². The van der Waals surface area contributed by atoms with E-state index in [1.807, 2.05) is 0 Å². The highest BCUT2D eigenvalue weighted by atomic mass is 35.5. The Morgan fingerprint density at radius 1 is 1.34 bits per heavy atom. The minimum atomic E-state index is -0.625. The number of carbonyl (C=O) groups is 3. The summed E-state index contributed by atoms with van der Waals surface area (Å²) in [5.41, 5.74) is 0.302. The molecule has 2 amide bonds. The Bertz CT molecular complexity index is 899. The van der Waals surface area contributed by atoms with Gasteiger partial charge in [-0.15, -0.1) is 6.58 Å². The van der Waals surface area contributed by atoms with Crippen LogP contribution in [0.15, 0.2) is 30.4 Å². The minimum Gasteiger partial charge on any atom is -0.490 e. The number of hydrogen-bond donors (Lipinski definition) is 1. The summed E-state index contributed by atoms with van der Waals surface area (Å²) < 4.78 is 15.4. The van der Waals surface area contributed by atoms with Crippen LogP contribution in [0.3, 0.4) is 0 Å². The Hall–Kier alpha value is -2.91. The topological polar surface area (TPSA) is 94.2 Å². The first-order chi connectivity index (χ1) is 13.8. The number of nitrogens with zero attached hydrogens (tertiary/aromatic N) is 1. The van der Waals surface area contributed by atoms with Crippen LogP contribution in [0.25, 0.3) is 6.08 Å². The van der Waals surface area contributed by atoms with Crippen molar-refractivity contribution in [2.75, 3.05) is 26.9 Å². The van der Waals surface area contributed by atoms with E-state index in [9.17, 15) is 14.4 Å². The molecule has 1 aliphatic rings. The lowest BCUT2D eigenvalue weighted by atomic mass is 10.1. The summed E-state index contributed by atoms with van der Waals surface area (Å²) in [5.74, 6) is -1.37. The molecule has 0 atom stereocenters. The molecule has 1 fully saturated rings. The van der Waals surface area contributed by atoms with E-state index in [1.165, 1.54) is 30.2 Å². The number of methoxy groups -OCH3 is 1. The normalized spacial score (nSPS) is 15.2. The molecule has 2 rings (SSSR count). The summed E-state index contributed by atoms with van der Waals surface area (Å²) >= 11 is 11.3. The van der Waals surface area contributed by atoms with Gasteiger partial charge in [0.25, 0.3) is 11.8 Å². The molecule has 0 spiro atoms. The van der Waals surface area contributed by atoms with Crippen LogP contribution in [0.2, 0.25) is 5.02 Å². The third-order valence-electron chi connectivity index (χ3n) is 3.70. The lowest BCUT2D eigenvalue weighted by Gasteiger charge is -2.27. The highest BCUT2D eigenvalue weighted by molar-refractivity contribution is 7.80. The van der Waals surface area contributed by atoms with Crippen molar-refractivity contribution >= 4 is 52.8 Å². The van der Waals surface area contributed by atoms with Crippen molar-refractivity contribution in [1.29, 1.82) is 0 Å². The number of benzene rings is 1. The largest absolute Gasteiger partial charge is 0.490 e. The Kier molecular flexibility index (Phi) is 7.74. The highest BCUT2D eigenvalue weighted by Crippen LogP contribution is 2.37. The van der Waals surface area contributed by atoms with E-state index in [4.69, 9.17) is 33.3 Å². The highest BCUT2D eigenvalue weighted by Gasteiger charge is 2.32. The third-order valence-corrected chi connectivity index (χ3v) is 4.31. The van der Waals surface area contributed by atoms with E-state index in [1.54, 1.807) is 13.0 Å². The first kappa shape index (κ1) is 22.4. The van der Waals surface area contributed by atoms with Crippen molar-refractivity contribution < 1.29 is 28.6 Å². The molecule has 1 saturated heterocycles. The van der Waals surface area contributed by atoms with Crippen LogP contribution >= 0.6 is 23.8 Å². The Labute approximate surface area is 178 Å². The summed E-state index contributed by atoms with van der Waals surface area (Å²) in [5, 5.41) is 2.61. The van der Waals surface area contributed by atoms with Gasteiger partial charge in [0.2, 0.25) is 0 Å². The fourth-order valence-corrected chi connectivity index (χ4v) is 2.94. The zero-order valence-electron chi connectivity index (χ0n) is 15.8. The monoisotopic (exact) mass is 438 g/mol. The zero-order valence-corrected chi connectivity index (χ0v) is 17.4. The van der Waals surface area contributed by atoms with E-state index in [0.717, 1.165) is 0 Å². The number of thiocarbonyl (C=S) groups is 1. The number of hydrogen-bond acceptors (Lipinski definition) is 7. The second kappa shape index (κ2) is 10.0. The standard InChI is InChI=1S/C19H19ClN2O6S/c1-4-6-22-18(25)12(17(24)21-19(22)29)7-11-8-13(20)16(14(9-11)27-5-2)28-10-15(23)26-3/h4,7-9H,1,5-6,10H2,2-3H3,(H,21,24,29)/b12-7+. The summed E-state index contributed by atoms with van der Waals surface area (Å²) in [6, 6.07) is 3.02. The molecule has 1 aromatic rings. The average Bonchev–Trinajstić information content (AvgIpc) is 2.67. The van der Waals surface area contributed by atoms with Gasteiger partial charge in [-0.2, -0.15) is 0 Å². The Balaban J connectivity index is 2.42. The second-order valence-corrected chi connectivity index (χ2v) is 6.44. The maximum atomic E-state index is 12.6. The molecule has 0 saturated carbocycles.